The van der Waals surface area contributed by atoms with Crippen molar-refractivity contribution in [2.75, 3.05) is 0 Å². The van der Waals surface area contributed by atoms with Gasteiger partial charge in [0.2, 0.25) is 0 Å². The van der Waals surface area contributed by atoms with Crippen LogP contribution in [0.25, 0.3) is 27.5 Å². The van der Waals surface area contributed by atoms with Crippen molar-refractivity contribution < 1.29 is 0 Å². The molecule has 0 amide bonds. The number of benzene rings is 1. The van der Waals surface area contributed by atoms with Gasteiger partial charge in [-0.25, -0.2) is 4.98 Å². The molecular weight excluding hydrogens is 376 g/mol. The Bertz CT molecular complexity index is 1470. The molecular formula is C24H18N4O2. The molecule has 0 unspecified atom stereocenters. The molecule has 6 heteroatoms. The summed E-state index contributed by atoms with van der Waals surface area (Å²) in [4.78, 5) is 34.9. The first-order chi connectivity index (χ1) is 14.7. The second-order valence-electron chi connectivity index (χ2n) is 7.07. The van der Waals surface area contributed by atoms with Crippen LogP contribution in [0.5, 0.6) is 0 Å². The third-order valence-electron chi connectivity index (χ3n) is 5.26. The predicted molar refractivity (Wildman–Crippen MR) is 117 cm³/mol. The number of fused-ring (bicyclic) bond motifs is 3. The van der Waals surface area contributed by atoms with Gasteiger partial charge in [0.15, 0.2) is 0 Å². The Kier molecular flexibility index (Phi) is 4.44. The lowest BCUT2D eigenvalue weighted by Crippen LogP contribution is -2.23. The summed E-state index contributed by atoms with van der Waals surface area (Å²) in [6, 6.07) is 19.0. The van der Waals surface area contributed by atoms with Gasteiger partial charge in [0.1, 0.15) is 5.82 Å². The van der Waals surface area contributed by atoms with Crippen molar-refractivity contribution in [2.45, 2.75) is 13.0 Å². The van der Waals surface area contributed by atoms with Gasteiger partial charge in [0, 0.05) is 36.7 Å². The first-order valence-corrected chi connectivity index (χ1v) is 9.71. The fourth-order valence-corrected chi connectivity index (χ4v) is 3.70. The molecule has 0 saturated heterocycles. The third kappa shape index (κ3) is 3.08. The van der Waals surface area contributed by atoms with E-state index in [1.54, 1.807) is 47.6 Å². The summed E-state index contributed by atoms with van der Waals surface area (Å²) >= 11 is 0. The van der Waals surface area contributed by atoms with Crippen molar-refractivity contribution in [3.05, 3.63) is 112 Å². The number of pyridine rings is 4. The number of hydrogen-bond acceptors (Lipinski definition) is 4. The van der Waals surface area contributed by atoms with Crippen molar-refractivity contribution in [1.29, 1.82) is 0 Å². The fraction of sp³-hybridized carbons (Fsp3) is 0.0833. The van der Waals surface area contributed by atoms with Crippen molar-refractivity contribution >= 4 is 21.7 Å². The molecule has 1 aromatic carbocycles. The van der Waals surface area contributed by atoms with Crippen LogP contribution < -0.4 is 11.1 Å². The summed E-state index contributed by atoms with van der Waals surface area (Å²) in [6.45, 7) is 0.559. The van der Waals surface area contributed by atoms with Gasteiger partial charge in [0.05, 0.1) is 16.3 Å². The van der Waals surface area contributed by atoms with Gasteiger partial charge < -0.3 is 4.57 Å². The SMILES string of the molecule is O=c1c2cnc3ccn(-c4ccccn4)c(=O)c3c2ccn1CCc1ccccc1. The van der Waals surface area contributed by atoms with Crippen molar-refractivity contribution in [3.8, 4) is 5.82 Å². The van der Waals surface area contributed by atoms with Crippen LogP contribution in [-0.2, 0) is 13.0 Å². The van der Waals surface area contributed by atoms with E-state index < -0.39 is 0 Å². The molecule has 0 bridgehead atoms. The Morgan fingerprint density at radius 2 is 1.60 bits per heavy atom. The quantitative estimate of drug-likeness (QED) is 0.439. The topological polar surface area (TPSA) is 69.8 Å². The van der Waals surface area contributed by atoms with Gasteiger partial charge in [-0.3, -0.25) is 19.1 Å². The van der Waals surface area contributed by atoms with E-state index in [1.807, 2.05) is 42.5 Å². The second kappa shape index (κ2) is 7.40. The molecule has 0 aliphatic heterocycles. The molecule has 5 aromatic rings. The van der Waals surface area contributed by atoms with Gasteiger partial charge in [-0.15, -0.1) is 0 Å². The van der Waals surface area contributed by atoms with Crippen LogP contribution in [0.4, 0.5) is 0 Å². The van der Waals surface area contributed by atoms with Crippen LogP contribution in [-0.4, -0.2) is 19.1 Å². The lowest BCUT2D eigenvalue weighted by molar-refractivity contribution is 0.675. The summed E-state index contributed by atoms with van der Waals surface area (Å²) in [5, 5.41) is 1.47. The van der Waals surface area contributed by atoms with Crippen molar-refractivity contribution in [2.24, 2.45) is 0 Å². The Balaban J connectivity index is 1.64. The third-order valence-corrected chi connectivity index (χ3v) is 5.26. The highest BCUT2D eigenvalue weighted by Gasteiger charge is 2.13. The first-order valence-electron chi connectivity index (χ1n) is 9.71. The lowest BCUT2D eigenvalue weighted by Gasteiger charge is -2.10. The molecule has 0 N–H and O–H groups in total. The Labute approximate surface area is 171 Å². The first kappa shape index (κ1) is 18.0. The molecule has 0 aliphatic rings. The molecule has 0 spiro atoms. The van der Waals surface area contributed by atoms with Crippen molar-refractivity contribution in [1.82, 2.24) is 19.1 Å². The van der Waals surface area contributed by atoms with Crippen LogP contribution in [0.1, 0.15) is 5.56 Å². The molecule has 0 aliphatic carbocycles. The molecule has 0 saturated carbocycles. The highest BCUT2D eigenvalue weighted by atomic mass is 16.1. The summed E-state index contributed by atoms with van der Waals surface area (Å²) in [5.41, 5.74) is 1.33. The lowest BCUT2D eigenvalue weighted by atomic mass is 10.1. The van der Waals surface area contributed by atoms with E-state index >= 15 is 0 Å². The monoisotopic (exact) mass is 394 g/mol. The zero-order valence-corrected chi connectivity index (χ0v) is 16.1. The molecule has 146 valence electrons. The van der Waals surface area contributed by atoms with Gasteiger partial charge in [-0.2, -0.15) is 0 Å². The average molecular weight is 394 g/mol. The maximum atomic E-state index is 13.2. The Morgan fingerprint density at radius 3 is 2.40 bits per heavy atom. The Morgan fingerprint density at radius 1 is 0.767 bits per heavy atom. The summed E-state index contributed by atoms with van der Waals surface area (Å²) in [6.07, 6.45) is 7.36. The maximum absolute atomic E-state index is 13.2. The van der Waals surface area contributed by atoms with Crippen LogP contribution >= 0.6 is 0 Å². The summed E-state index contributed by atoms with van der Waals surface area (Å²) in [5.74, 6) is 0.526. The zero-order valence-electron chi connectivity index (χ0n) is 16.1. The normalized spacial score (nSPS) is 11.2. The molecule has 0 fully saturated rings. The standard InChI is InChI=1S/C24H18N4O2/c29-23-19-16-26-20-11-15-28(21-8-4-5-12-25-21)24(30)22(20)18(19)10-14-27(23)13-9-17-6-2-1-3-7-17/h1-8,10-12,14-16H,9,13H2. The molecule has 4 heterocycles. The van der Waals surface area contributed by atoms with E-state index in [0.29, 0.717) is 34.0 Å². The van der Waals surface area contributed by atoms with E-state index in [-0.39, 0.29) is 11.1 Å². The average Bonchev–Trinajstić information content (AvgIpc) is 2.80. The zero-order chi connectivity index (χ0) is 20.5. The largest absolute Gasteiger partial charge is 0.315 e. The van der Waals surface area contributed by atoms with Crippen LogP contribution in [0.2, 0.25) is 0 Å². The molecule has 4 aromatic heterocycles. The highest BCUT2D eigenvalue weighted by Crippen LogP contribution is 2.19. The summed E-state index contributed by atoms with van der Waals surface area (Å²) < 4.78 is 3.15. The van der Waals surface area contributed by atoms with E-state index in [4.69, 9.17) is 0 Å². The van der Waals surface area contributed by atoms with E-state index in [1.165, 1.54) is 10.1 Å². The minimum Gasteiger partial charge on any atom is -0.315 e. The number of aromatic nitrogens is 4. The second-order valence-corrected chi connectivity index (χ2v) is 7.07. The number of hydrogen-bond donors (Lipinski definition) is 0. The van der Waals surface area contributed by atoms with Gasteiger partial charge in [-0.05, 0) is 36.2 Å². The molecule has 0 radical (unpaired) electrons. The predicted octanol–water partition coefficient (Wildman–Crippen LogP) is 3.34. The number of rotatable bonds is 4. The number of nitrogens with zero attached hydrogens (tertiary/aromatic N) is 4. The van der Waals surface area contributed by atoms with Crippen LogP contribution in [0, 0.1) is 0 Å². The maximum Gasteiger partial charge on any atom is 0.266 e. The van der Waals surface area contributed by atoms with Crippen molar-refractivity contribution in [3.63, 3.8) is 0 Å². The van der Waals surface area contributed by atoms with Gasteiger partial charge in [-0.1, -0.05) is 36.4 Å². The molecule has 0 atom stereocenters. The fourth-order valence-electron chi connectivity index (χ4n) is 3.70. The number of aryl methyl sites for hydroxylation is 2. The molecule has 5 rings (SSSR count). The van der Waals surface area contributed by atoms with E-state index in [9.17, 15) is 9.59 Å². The van der Waals surface area contributed by atoms with Gasteiger partial charge >= 0.3 is 0 Å². The minimum atomic E-state index is -0.245. The smallest absolute Gasteiger partial charge is 0.266 e. The van der Waals surface area contributed by atoms with Crippen LogP contribution in [0.15, 0.2) is 95.0 Å². The molecule has 30 heavy (non-hydrogen) atoms. The summed E-state index contributed by atoms with van der Waals surface area (Å²) in [7, 11) is 0. The molecule has 6 nitrogen and oxygen atoms in total. The van der Waals surface area contributed by atoms with Crippen LogP contribution in [0.3, 0.4) is 0 Å². The van der Waals surface area contributed by atoms with Gasteiger partial charge in [0.25, 0.3) is 11.1 Å². The van der Waals surface area contributed by atoms with E-state index in [2.05, 4.69) is 9.97 Å². The van der Waals surface area contributed by atoms with E-state index in [0.717, 1.165) is 6.42 Å². The highest BCUT2D eigenvalue weighted by molar-refractivity contribution is 6.04. The Hall–Kier alpha value is -4.06. The minimum absolute atomic E-state index is 0.148.